The Kier molecular flexibility index (Phi) is 2.79. The Morgan fingerprint density at radius 2 is 2.13 bits per heavy atom. The highest BCUT2D eigenvalue weighted by molar-refractivity contribution is 14.1. The molecule has 0 radical (unpaired) electrons. The topological polar surface area (TPSA) is 49.9 Å². The quantitative estimate of drug-likeness (QED) is 0.644. The highest BCUT2D eigenvalue weighted by atomic mass is 127. The van der Waals surface area contributed by atoms with E-state index in [9.17, 15) is 9.59 Å². The first kappa shape index (κ1) is 10.6. The maximum atomic E-state index is 11.8. The third-order valence-corrected chi connectivity index (χ3v) is 2.93. The van der Waals surface area contributed by atoms with Crippen molar-refractivity contribution in [2.24, 2.45) is 0 Å². The van der Waals surface area contributed by atoms with Crippen LogP contribution in [0.1, 0.15) is 10.4 Å². The van der Waals surface area contributed by atoms with E-state index in [0.717, 1.165) is 3.57 Å². The second-order valence-electron chi connectivity index (χ2n) is 3.00. The number of halogens is 2. The lowest BCUT2D eigenvalue weighted by Gasteiger charge is -1.99. The van der Waals surface area contributed by atoms with Gasteiger partial charge in [0, 0.05) is 20.7 Å². The summed E-state index contributed by atoms with van der Waals surface area (Å²) in [5.74, 6) is 0. The second kappa shape index (κ2) is 3.94. The minimum Gasteiger partial charge on any atom is -0.360 e. The van der Waals surface area contributed by atoms with Crippen molar-refractivity contribution in [1.29, 1.82) is 0 Å². The fourth-order valence-corrected chi connectivity index (χ4v) is 1.97. The number of aromatic amines is 1. The summed E-state index contributed by atoms with van der Waals surface area (Å²) in [5.41, 5.74) is 0.343. The molecule has 2 rings (SSSR count). The SMILES string of the molecule is O=C(Cl)c1c[nH]c2ccc(I)cc2c1=O. The fraction of sp³-hybridized carbons (Fsp3) is 0. The summed E-state index contributed by atoms with van der Waals surface area (Å²) in [6.07, 6.45) is 1.34. The molecule has 0 bridgehead atoms. The molecule has 3 nitrogen and oxygen atoms in total. The van der Waals surface area contributed by atoms with Crippen LogP contribution in [0.4, 0.5) is 0 Å². The summed E-state index contributed by atoms with van der Waals surface area (Å²) in [6, 6.07) is 5.39. The van der Waals surface area contributed by atoms with Crippen LogP contribution in [-0.2, 0) is 0 Å². The molecule has 0 fully saturated rings. The molecule has 1 heterocycles. The monoisotopic (exact) mass is 333 g/mol. The number of carbonyl (C=O) groups excluding carboxylic acids is 1. The summed E-state index contributed by atoms with van der Waals surface area (Å²) in [5, 5.41) is -0.259. The van der Waals surface area contributed by atoms with Crippen LogP contribution in [0.5, 0.6) is 0 Å². The van der Waals surface area contributed by atoms with Gasteiger partial charge in [0.15, 0.2) is 0 Å². The molecule has 0 amide bonds. The predicted octanol–water partition coefficient (Wildman–Crippen LogP) is 2.51. The molecule has 0 saturated carbocycles. The third kappa shape index (κ3) is 1.91. The molecule has 0 aliphatic carbocycles. The second-order valence-corrected chi connectivity index (χ2v) is 4.58. The standard InChI is InChI=1S/C10H5ClINO2/c11-10(15)7-4-13-8-2-1-5(12)3-6(8)9(7)14/h1-4H,(H,13,14). The van der Waals surface area contributed by atoms with Crippen molar-refractivity contribution in [3.63, 3.8) is 0 Å². The Morgan fingerprint density at radius 3 is 2.80 bits per heavy atom. The van der Waals surface area contributed by atoms with E-state index in [0.29, 0.717) is 10.9 Å². The van der Waals surface area contributed by atoms with Crippen LogP contribution in [0, 0.1) is 3.57 Å². The van der Waals surface area contributed by atoms with Crippen molar-refractivity contribution in [1.82, 2.24) is 4.98 Å². The van der Waals surface area contributed by atoms with Crippen molar-refractivity contribution in [2.45, 2.75) is 0 Å². The van der Waals surface area contributed by atoms with Crippen LogP contribution in [0.25, 0.3) is 10.9 Å². The smallest absolute Gasteiger partial charge is 0.257 e. The zero-order chi connectivity index (χ0) is 11.0. The number of benzene rings is 1. The molecule has 0 saturated heterocycles. The molecule has 0 unspecified atom stereocenters. The van der Waals surface area contributed by atoms with E-state index in [4.69, 9.17) is 11.6 Å². The number of fused-ring (bicyclic) bond motifs is 1. The van der Waals surface area contributed by atoms with Gasteiger partial charge in [-0.2, -0.15) is 0 Å². The van der Waals surface area contributed by atoms with Crippen molar-refractivity contribution in [3.8, 4) is 0 Å². The molecule has 0 spiro atoms. The highest BCUT2D eigenvalue weighted by Crippen LogP contribution is 2.13. The Morgan fingerprint density at radius 1 is 1.40 bits per heavy atom. The number of H-pyrrole nitrogens is 1. The first-order valence-electron chi connectivity index (χ1n) is 4.10. The van der Waals surface area contributed by atoms with Gasteiger partial charge in [0.2, 0.25) is 5.43 Å². The molecule has 76 valence electrons. The number of hydrogen-bond acceptors (Lipinski definition) is 2. The van der Waals surface area contributed by atoms with Crippen molar-refractivity contribution >= 4 is 50.3 Å². The predicted molar refractivity (Wildman–Crippen MR) is 67.5 cm³/mol. The van der Waals surface area contributed by atoms with E-state index in [2.05, 4.69) is 27.6 Å². The van der Waals surface area contributed by atoms with E-state index >= 15 is 0 Å². The zero-order valence-corrected chi connectivity index (χ0v) is 10.3. The van der Waals surface area contributed by atoms with Gasteiger partial charge in [-0.05, 0) is 52.4 Å². The third-order valence-electron chi connectivity index (χ3n) is 2.05. The average molecular weight is 334 g/mol. The number of carbonyl (C=O) groups is 1. The summed E-state index contributed by atoms with van der Waals surface area (Å²) in [4.78, 5) is 25.6. The van der Waals surface area contributed by atoms with E-state index in [-0.39, 0.29) is 11.0 Å². The van der Waals surface area contributed by atoms with Gasteiger partial charge < -0.3 is 4.98 Å². The van der Waals surface area contributed by atoms with Crippen LogP contribution < -0.4 is 5.43 Å². The van der Waals surface area contributed by atoms with Gasteiger partial charge in [-0.25, -0.2) is 0 Å². The number of nitrogens with one attached hydrogen (secondary N) is 1. The van der Waals surface area contributed by atoms with E-state index in [1.54, 1.807) is 12.1 Å². The van der Waals surface area contributed by atoms with Gasteiger partial charge in [-0.15, -0.1) is 0 Å². The molecule has 1 N–H and O–H groups in total. The summed E-state index contributed by atoms with van der Waals surface area (Å²) in [7, 11) is 0. The van der Waals surface area contributed by atoms with Crippen molar-refractivity contribution in [2.75, 3.05) is 0 Å². The highest BCUT2D eigenvalue weighted by Gasteiger charge is 2.10. The van der Waals surface area contributed by atoms with Crippen LogP contribution >= 0.6 is 34.2 Å². The van der Waals surface area contributed by atoms with Gasteiger partial charge in [-0.3, -0.25) is 9.59 Å². The summed E-state index contributed by atoms with van der Waals surface area (Å²) in [6.45, 7) is 0. The van der Waals surface area contributed by atoms with Crippen LogP contribution in [0.3, 0.4) is 0 Å². The Bertz CT molecular complexity index is 606. The molecule has 0 atom stereocenters. The van der Waals surface area contributed by atoms with Gasteiger partial charge in [-0.1, -0.05) is 0 Å². The molecule has 2 aromatic rings. The van der Waals surface area contributed by atoms with Crippen molar-refractivity contribution < 1.29 is 4.79 Å². The molecule has 1 aromatic carbocycles. The summed E-state index contributed by atoms with van der Waals surface area (Å²) >= 11 is 7.39. The van der Waals surface area contributed by atoms with Crippen LogP contribution in [0.15, 0.2) is 29.2 Å². The number of rotatable bonds is 1. The van der Waals surface area contributed by atoms with E-state index < -0.39 is 5.24 Å². The lowest BCUT2D eigenvalue weighted by Crippen LogP contribution is -2.12. The molecule has 0 aliphatic heterocycles. The van der Waals surface area contributed by atoms with Gasteiger partial charge >= 0.3 is 0 Å². The molecular weight excluding hydrogens is 328 g/mol. The van der Waals surface area contributed by atoms with Crippen LogP contribution in [-0.4, -0.2) is 10.2 Å². The number of pyridine rings is 1. The average Bonchev–Trinajstić information content (AvgIpc) is 2.19. The fourth-order valence-electron chi connectivity index (χ4n) is 1.34. The maximum absolute atomic E-state index is 11.8. The molecular formula is C10H5ClINO2. The minimum absolute atomic E-state index is 0.0221. The van der Waals surface area contributed by atoms with Gasteiger partial charge in [0.25, 0.3) is 5.24 Å². The lowest BCUT2D eigenvalue weighted by molar-refractivity contribution is 0.108. The Balaban J connectivity index is 2.89. The Hall–Kier alpha value is -0.880. The molecule has 0 aliphatic rings. The molecule has 15 heavy (non-hydrogen) atoms. The maximum Gasteiger partial charge on any atom is 0.257 e. The lowest BCUT2D eigenvalue weighted by atomic mass is 10.1. The summed E-state index contributed by atoms with van der Waals surface area (Å²) < 4.78 is 0.935. The van der Waals surface area contributed by atoms with Crippen molar-refractivity contribution in [3.05, 3.63) is 43.8 Å². The zero-order valence-electron chi connectivity index (χ0n) is 7.38. The number of aromatic nitrogens is 1. The van der Waals surface area contributed by atoms with Crippen LogP contribution in [0.2, 0.25) is 0 Å². The van der Waals surface area contributed by atoms with Gasteiger partial charge in [0.05, 0.1) is 5.56 Å². The normalized spacial score (nSPS) is 10.5. The molecule has 1 aromatic heterocycles. The van der Waals surface area contributed by atoms with E-state index in [1.165, 1.54) is 6.20 Å². The largest absolute Gasteiger partial charge is 0.360 e. The first-order chi connectivity index (χ1) is 7.09. The first-order valence-corrected chi connectivity index (χ1v) is 5.56. The number of hydrogen-bond donors (Lipinski definition) is 1. The van der Waals surface area contributed by atoms with E-state index in [1.807, 2.05) is 6.07 Å². The minimum atomic E-state index is -0.739. The van der Waals surface area contributed by atoms with Gasteiger partial charge in [0.1, 0.15) is 0 Å². The molecule has 5 heteroatoms. The Labute approximate surface area is 104 Å².